The molecule has 2 aromatic rings. The van der Waals surface area contributed by atoms with E-state index in [0.29, 0.717) is 33.7 Å². The molecule has 8 rings (SSSR count). The Morgan fingerprint density at radius 1 is 0.618 bits per heavy atom. The summed E-state index contributed by atoms with van der Waals surface area (Å²) >= 11 is 0. The topological polar surface area (TPSA) is 25.8 Å². The van der Waals surface area contributed by atoms with E-state index in [1.807, 2.05) is 0 Å². The molecule has 0 spiro atoms. The van der Waals surface area contributed by atoms with E-state index in [0.717, 1.165) is 23.2 Å². The average molecular weight is 489 g/mol. The predicted octanol–water partition coefficient (Wildman–Crippen LogP) is 8.35. The van der Waals surface area contributed by atoms with Crippen LogP contribution in [-0.2, 0) is 0 Å². The fourth-order valence-corrected chi connectivity index (χ4v) is 14.5. The highest BCUT2D eigenvalue weighted by molar-refractivity contribution is 6.78. The van der Waals surface area contributed by atoms with Crippen molar-refractivity contribution < 1.29 is 0 Å². The lowest BCUT2D eigenvalue weighted by molar-refractivity contribution is 0.00959. The maximum Gasteiger partial charge on any atom is 0.0889 e. The molecule has 0 unspecified atom stereocenters. The van der Waals surface area contributed by atoms with Gasteiger partial charge in [0.05, 0.1) is 27.5 Å². The first-order chi connectivity index (χ1) is 15.6. The summed E-state index contributed by atoms with van der Waals surface area (Å²) in [6.45, 7) is 25.3. The lowest BCUT2D eigenvalue weighted by Gasteiger charge is -2.62. The molecule has 0 radical (unpaired) electrons. The number of rotatable bonds is 3. The SMILES string of the molecule is CC1(C)[C@@H]2C[C@H]1c1ccc(-c3ccc4c(n3)[C@@H]([Si](C)(C)C)[C@H]3C[C@@H]4C3(C)C)nc1[C@H]2[Si](C)(C)C. The van der Waals surface area contributed by atoms with Gasteiger partial charge >= 0.3 is 0 Å². The number of nitrogens with zero attached hydrogens (tertiary/aromatic N) is 2. The van der Waals surface area contributed by atoms with Crippen molar-refractivity contribution in [3.8, 4) is 11.4 Å². The van der Waals surface area contributed by atoms with E-state index in [9.17, 15) is 0 Å². The molecule has 2 aromatic heterocycles. The zero-order chi connectivity index (χ0) is 24.6. The highest BCUT2D eigenvalue weighted by Gasteiger charge is 2.61. The smallest absolute Gasteiger partial charge is 0.0889 e. The molecule has 0 aliphatic heterocycles. The minimum Gasteiger partial charge on any atom is -0.251 e. The molecule has 6 atom stereocenters. The van der Waals surface area contributed by atoms with Crippen LogP contribution < -0.4 is 0 Å². The van der Waals surface area contributed by atoms with Gasteiger partial charge < -0.3 is 0 Å². The average Bonchev–Trinajstić information content (AvgIpc) is 2.74. The lowest BCUT2D eigenvalue weighted by Crippen LogP contribution is -2.56. The van der Waals surface area contributed by atoms with Gasteiger partial charge in [-0.25, -0.2) is 0 Å². The molecule has 6 aliphatic carbocycles. The summed E-state index contributed by atoms with van der Waals surface area (Å²) in [6, 6.07) is 9.45. The van der Waals surface area contributed by atoms with Crippen molar-refractivity contribution in [3.05, 3.63) is 46.8 Å². The van der Waals surface area contributed by atoms with Gasteiger partial charge in [-0.2, -0.15) is 0 Å². The van der Waals surface area contributed by atoms with Crippen LogP contribution in [0.5, 0.6) is 0 Å². The zero-order valence-corrected chi connectivity index (χ0v) is 25.1. The lowest BCUT2D eigenvalue weighted by atomic mass is 9.48. The van der Waals surface area contributed by atoms with Crippen molar-refractivity contribution in [1.29, 1.82) is 0 Å². The van der Waals surface area contributed by atoms with E-state index in [2.05, 4.69) is 91.2 Å². The van der Waals surface area contributed by atoms with E-state index in [4.69, 9.17) is 9.97 Å². The molecule has 6 aliphatic rings. The third kappa shape index (κ3) is 2.90. The first-order valence-corrected chi connectivity index (χ1v) is 20.8. The molecule has 2 nitrogen and oxygen atoms in total. The van der Waals surface area contributed by atoms with Gasteiger partial charge in [0.15, 0.2) is 0 Å². The molecule has 0 amide bonds. The molecule has 2 saturated carbocycles. The minimum absolute atomic E-state index is 0.420. The maximum atomic E-state index is 5.46. The first kappa shape index (κ1) is 23.2. The zero-order valence-electron chi connectivity index (χ0n) is 23.1. The second kappa shape index (κ2) is 6.73. The van der Waals surface area contributed by atoms with E-state index in [-0.39, 0.29) is 0 Å². The van der Waals surface area contributed by atoms with Gasteiger partial charge in [0.25, 0.3) is 0 Å². The van der Waals surface area contributed by atoms with Gasteiger partial charge in [-0.1, -0.05) is 79.1 Å². The van der Waals surface area contributed by atoms with Crippen LogP contribution in [0, 0.1) is 22.7 Å². The third-order valence-electron chi connectivity index (χ3n) is 10.9. The summed E-state index contributed by atoms with van der Waals surface area (Å²) in [5, 5.41) is 0. The molecule has 0 N–H and O–H groups in total. The fraction of sp³-hybridized carbons (Fsp3) is 0.667. The number of hydrogen-bond donors (Lipinski definition) is 0. The second-order valence-electron chi connectivity index (χ2n) is 15.5. The van der Waals surface area contributed by atoms with Crippen LogP contribution in [0.2, 0.25) is 39.3 Å². The normalized spacial score (nSPS) is 34.4. The summed E-state index contributed by atoms with van der Waals surface area (Å²) in [7, 11) is -2.80. The summed E-state index contributed by atoms with van der Waals surface area (Å²) in [4.78, 5) is 10.9. The number of hydrogen-bond acceptors (Lipinski definition) is 2. The van der Waals surface area contributed by atoms with Crippen molar-refractivity contribution in [2.24, 2.45) is 22.7 Å². The summed E-state index contributed by atoms with van der Waals surface area (Å²) in [5.74, 6) is 2.95. The van der Waals surface area contributed by atoms with Crippen LogP contribution in [0.15, 0.2) is 24.3 Å². The van der Waals surface area contributed by atoms with Gasteiger partial charge in [0, 0.05) is 11.4 Å². The van der Waals surface area contributed by atoms with E-state index in [1.54, 1.807) is 11.1 Å². The quantitative estimate of drug-likeness (QED) is 0.406. The summed E-state index contributed by atoms with van der Waals surface area (Å²) < 4.78 is 0. The molecule has 34 heavy (non-hydrogen) atoms. The van der Waals surface area contributed by atoms with Crippen molar-refractivity contribution in [2.45, 2.75) is 103 Å². The van der Waals surface area contributed by atoms with Crippen LogP contribution in [-0.4, -0.2) is 26.1 Å². The Morgan fingerprint density at radius 2 is 0.971 bits per heavy atom. The highest BCUT2D eigenvalue weighted by Crippen LogP contribution is 2.69. The molecule has 182 valence electrons. The Kier molecular flexibility index (Phi) is 4.58. The molecular weight excluding hydrogens is 445 g/mol. The van der Waals surface area contributed by atoms with Crippen LogP contribution >= 0.6 is 0 Å². The number of aromatic nitrogens is 2. The summed E-state index contributed by atoms with van der Waals surface area (Å²) in [6.07, 6.45) is 2.73. The summed E-state index contributed by atoms with van der Waals surface area (Å²) in [5.41, 5.74) is 10.3. The van der Waals surface area contributed by atoms with Crippen molar-refractivity contribution in [1.82, 2.24) is 9.97 Å². The van der Waals surface area contributed by atoms with Crippen molar-refractivity contribution in [2.75, 3.05) is 0 Å². The molecule has 0 saturated heterocycles. The standard InChI is InChI=1S/C30H44N2Si2/c1-29(2)19-15-21(29)27(33(5,6)7)25-17(19)11-13-23(31-25)24-14-12-18-20-16-22(30(20,3)4)28(26(18)32-24)34(8,9)10/h11-14,19-22,27-28H,15-16H2,1-10H3/t19-,20-,21+,22+,27-,28-/m0/s1. The van der Waals surface area contributed by atoms with E-state index in [1.165, 1.54) is 24.2 Å². The number of pyridine rings is 2. The molecule has 4 bridgehead atoms. The second-order valence-corrected chi connectivity index (χ2v) is 26.2. The first-order valence-electron chi connectivity index (χ1n) is 13.7. The van der Waals surface area contributed by atoms with Crippen LogP contribution in [0.1, 0.15) is 86.0 Å². The van der Waals surface area contributed by atoms with Gasteiger partial charge in [0.2, 0.25) is 0 Å². The molecule has 0 aromatic carbocycles. The molecule has 2 heterocycles. The molecular formula is C30H44N2Si2. The maximum absolute atomic E-state index is 5.46. The van der Waals surface area contributed by atoms with Crippen LogP contribution in [0.3, 0.4) is 0 Å². The molecule has 4 heteroatoms. The van der Waals surface area contributed by atoms with Gasteiger partial charge in [-0.3, -0.25) is 9.97 Å². The Balaban J connectivity index is 1.46. The minimum atomic E-state index is -1.40. The van der Waals surface area contributed by atoms with Crippen molar-refractivity contribution >= 4 is 16.1 Å². The Bertz CT molecular complexity index is 1090. The molecule has 2 fully saturated rings. The fourth-order valence-electron chi connectivity index (χ4n) is 8.86. The van der Waals surface area contributed by atoms with E-state index >= 15 is 0 Å². The predicted molar refractivity (Wildman–Crippen MR) is 149 cm³/mol. The van der Waals surface area contributed by atoms with Crippen LogP contribution in [0.25, 0.3) is 11.4 Å². The highest BCUT2D eigenvalue weighted by atomic mass is 28.3. The Morgan fingerprint density at radius 3 is 1.26 bits per heavy atom. The van der Waals surface area contributed by atoms with Gasteiger partial charge in [-0.05, 0) is 81.7 Å². The largest absolute Gasteiger partial charge is 0.251 e. The Hall–Kier alpha value is -1.27. The monoisotopic (exact) mass is 488 g/mol. The van der Waals surface area contributed by atoms with Gasteiger partial charge in [0.1, 0.15) is 0 Å². The third-order valence-corrected chi connectivity index (χ3v) is 16.0. The Labute approximate surface area is 209 Å². The van der Waals surface area contributed by atoms with Gasteiger partial charge in [-0.15, -0.1) is 0 Å². The van der Waals surface area contributed by atoms with E-state index < -0.39 is 16.1 Å². The van der Waals surface area contributed by atoms with Crippen molar-refractivity contribution in [3.63, 3.8) is 0 Å². The van der Waals surface area contributed by atoms with Crippen LogP contribution in [0.4, 0.5) is 0 Å².